The number of ether oxygens (including phenoxy) is 1. The van der Waals surface area contributed by atoms with Gasteiger partial charge >= 0.3 is 5.97 Å². The number of likely N-dealkylation sites (tertiary alicyclic amines) is 1. The molecule has 0 aromatic heterocycles. The normalized spacial score (nSPS) is 20.9. The maximum absolute atomic E-state index is 11.6. The van der Waals surface area contributed by atoms with Crippen LogP contribution in [0.3, 0.4) is 0 Å². The van der Waals surface area contributed by atoms with Gasteiger partial charge in [0.15, 0.2) is 0 Å². The van der Waals surface area contributed by atoms with E-state index in [0.717, 1.165) is 32.5 Å². The average molecular weight is 242 g/mol. The number of hydrogen-bond acceptors (Lipinski definition) is 4. The van der Waals surface area contributed by atoms with Crippen molar-refractivity contribution in [1.29, 1.82) is 0 Å². The van der Waals surface area contributed by atoms with Crippen LogP contribution in [-0.2, 0) is 14.3 Å². The Kier molecular flexibility index (Phi) is 5.97. The summed E-state index contributed by atoms with van der Waals surface area (Å²) in [5, 5.41) is 2.60. The predicted molar refractivity (Wildman–Crippen MR) is 64.5 cm³/mol. The third-order valence-electron chi connectivity index (χ3n) is 3.06. The Hall–Kier alpha value is -1.10. The number of carbonyl (C=O) groups excluding carboxylic acids is 2. The molecule has 1 rings (SSSR count). The summed E-state index contributed by atoms with van der Waals surface area (Å²) in [4.78, 5) is 24.9. The van der Waals surface area contributed by atoms with Crippen LogP contribution in [0.1, 0.15) is 26.2 Å². The summed E-state index contributed by atoms with van der Waals surface area (Å²) < 4.78 is 5.03. The minimum absolute atomic E-state index is 0.0200. The molecule has 5 nitrogen and oxygen atoms in total. The molecule has 1 aliphatic heterocycles. The van der Waals surface area contributed by atoms with Crippen molar-refractivity contribution in [2.24, 2.45) is 5.92 Å². The van der Waals surface area contributed by atoms with E-state index < -0.39 is 0 Å². The van der Waals surface area contributed by atoms with Gasteiger partial charge in [-0.3, -0.25) is 9.59 Å². The zero-order valence-corrected chi connectivity index (χ0v) is 10.7. The second kappa shape index (κ2) is 7.27. The molecule has 5 heteroatoms. The Morgan fingerprint density at radius 2 is 2.24 bits per heavy atom. The zero-order chi connectivity index (χ0) is 12.7. The molecular weight excluding hydrogens is 220 g/mol. The van der Waals surface area contributed by atoms with Gasteiger partial charge in [-0.2, -0.15) is 0 Å². The molecule has 1 N–H and O–H groups in total. The third-order valence-corrected chi connectivity index (χ3v) is 3.06. The molecule has 0 aromatic rings. The van der Waals surface area contributed by atoms with Gasteiger partial charge in [0, 0.05) is 26.6 Å². The number of piperidine rings is 1. The van der Waals surface area contributed by atoms with Crippen molar-refractivity contribution in [2.75, 3.05) is 33.3 Å². The summed E-state index contributed by atoms with van der Waals surface area (Å²) in [6.45, 7) is 4.66. The number of rotatable bonds is 5. The number of nitrogens with one attached hydrogen (secondary N) is 1. The first-order valence-electron chi connectivity index (χ1n) is 6.27. The molecule has 0 aromatic carbocycles. The van der Waals surface area contributed by atoms with E-state index in [0.29, 0.717) is 13.0 Å². The number of esters is 1. The second-order valence-electron chi connectivity index (χ2n) is 4.31. The van der Waals surface area contributed by atoms with Crippen LogP contribution in [0.15, 0.2) is 0 Å². The van der Waals surface area contributed by atoms with Gasteiger partial charge in [0.1, 0.15) is 0 Å². The molecule has 0 spiro atoms. The largest absolute Gasteiger partial charge is 0.466 e. The van der Waals surface area contributed by atoms with Crippen molar-refractivity contribution in [2.45, 2.75) is 26.2 Å². The van der Waals surface area contributed by atoms with E-state index in [2.05, 4.69) is 10.2 Å². The molecule has 1 atom stereocenters. The number of hydrogen-bond donors (Lipinski definition) is 1. The molecule has 1 fully saturated rings. The summed E-state index contributed by atoms with van der Waals surface area (Å²) in [6.07, 6.45) is 2.39. The molecule has 98 valence electrons. The minimum Gasteiger partial charge on any atom is -0.466 e. The van der Waals surface area contributed by atoms with Crippen LogP contribution in [0.5, 0.6) is 0 Å². The van der Waals surface area contributed by atoms with Crippen LogP contribution in [0.2, 0.25) is 0 Å². The van der Waals surface area contributed by atoms with E-state index in [1.54, 1.807) is 7.05 Å². The highest BCUT2D eigenvalue weighted by Crippen LogP contribution is 2.17. The summed E-state index contributed by atoms with van der Waals surface area (Å²) in [5.41, 5.74) is 0. The molecule has 0 aliphatic carbocycles. The van der Waals surface area contributed by atoms with Gasteiger partial charge in [-0.15, -0.1) is 0 Å². The fraction of sp³-hybridized carbons (Fsp3) is 0.833. The highest BCUT2D eigenvalue weighted by atomic mass is 16.5. The Bertz CT molecular complexity index is 268. The van der Waals surface area contributed by atoms with Gasteiger partial charge in [-0.1, -0.05) is 0 Å². The molecule has 0 radical (unpaired) electrons. The fourth-order valence-corrected chi connectivity index (χ4v) is 2.10. The van der Waals surface area contributed by atoms with E-state index >= 15 is 0 Å². The summed E-state index contributed by atoms with van der Waals surface area (Å²) in [6, 6.07) is 0. The maximum atomic E-state index is 11.6. The molecule has 1 unspecified atom stereocenters. The topological polar surface area (TPSA) is 58.6 Å². The lowest BCUT2D eigenvalue weighted by atomic mass is 9.98. The first-order valence-corrected chi connectivity index (χ1v) is 6.27. The van der Waals surface area contributed by atoms with Crippen molar-refractivity contribution in [3.8, 4) is 0 Å². The van der Waals surface area contributed by atoms with Crippen molar-refractivity contribution >= 4 is 11.9 Å². The average Bonchev–Trinajstić information content (AvgIpc) is 2.36. The van der Waals surface area contributed by atoms with Crippen molar-refractivity contribution in [1.82, 2.24) is 10.2 Å². The monoisotopic (exact) mass is 242 g/mol. The van der Waals surface area contributed by atoms with Crippen molar-refractivity contribution in [3.05, 3.63) is 0 Å². The highest BCUT2D eigenvalue weighted by Gasteiger charge is 2.26. The van der Waals surface area contributed by atoms with Crippen LogP contribution in [-0.4, -0.2) is 50.1 Å². The van der Waals surface area contributed by atoms with E-state index in [1.807, 2.05) is 6.92 Å². The second-order valence-corrected chi connectivity index (χ2v) is 4.31. The van der Waals surface area contributed by atoms with E-state index in [1.165, 1.54) is 0 Å². The van der Waals surface area contributed by atoms with Gasteiger partial charge in [0.2, 0.25) is 5.91 Å². The standard InChI is InChI=1S/C12H22N2O3/c1-3-17-12(16)10-5-4-7-14(9-10)8-6-11(15)13-2/h10H,3-9H2,1-2H3,(H,13,15). The van der Waals surface area contributed by atoms with Crippen molar-refractivity contribution in [3.63, 3.8) is 0 Å². The first kappa shape index (κ1) is 14.0. The van der Waals surface area contributed by atoms with E-state index in [4.69, 9.17) is 4.74 Å². The SMILES string of the molecule is CCOC(=O)C1CCCN(CCC(=O)NC)C1. The molecule has 1 heterocycles. The Balaban J connectivity index is 2.33. The first-order chi connectivity index (χ1) is 8.17. The fourth-order valence-electron chi connectivity index (χ4n) is 2.10. The molecule has 1 aliphatic rings. The van der Waals surface area contributed by atoms with Crippen molar-refractivity contribution < 1.29 is 14.3 Å². The lowest BCUT2D eigenvalue weighted by Crippen LogP contribution is -2.40. The number of nitrogens with zero attached hydrogens (tertiary/aromatic N) is 1. The van der Waals surface area contributed by atoms with Crippen LogP contribution >= 0.6 is 0 Å². The zero-order valence-electron chi connectivity index (χ0n) is 10.7. The van der Waals surface area contributed by atoms with E-state index in [-0.39, 0.29) is 17.8 Å². The third kappa shape index (κ3) is 4.73. The Labute approximate surface area is 102 Å². The smallest absolute Gasteiger partial charge is 0.310 e. The molecular formula is C12H22N2O3. The maximum Gasteiger partial charge on any atom is 0.310 e. The Morgan fingerprint density at radius 1 is 1.47 bits per heavy atom. The van der Waals surface area contributed by atoms with Gasteiger partial charge < -0.3 is 15.0 Å². The minimum atomic E-state index is -0.0999. The summed E-state index contributed by atoms with van der Waals surface area (Å²) >= 11 is 0. The van der Waals surface area contributed by atoms with Gasteiger partial charge in [-0.25, -0.2) is 0 Å². The van der Waals surface area contributed by atoms with Crippen LogP contribution < -0.4 is 5.32 Å². The van der Waals surface area contributed by atoms with Gasteiger partial charge in [-0.05, 0) is 26.3 Å². The number of carbonyl (C=O) groups is 2. The molecule has 0 saturated carbocycles. The van der Waals surface area contributed by atoms with Gasteiger partial charge in [0.05, 0.1) is 12.5 Å². The van der Waals surface area contributed by atoms with Crippen LogP contribution in [0.25, 0.3) is 0 Å². The molecule has 0 bridgehead atoms. The number of amides is 1. The van der Waals surface area contributed by atoms with Gasteiger partial charge in [0.25, 0.3) is 0 Å². The molecule has 17 heavy (non-hydrogen) atoms. The van der Waals surface area contributed by atoms with E-state index in [9.17, 15) is 9.59 Å². The lowest BCUT2D eigenvalue weighted by molar-refractivity contribution is -0.149. The predicted octanol–water partition coefficient (Wildman–Crippen LogP) is 0.398. The highest BCUT2D eigenvalue weighted by molar-refractivity contribution is 5.75. The molecule has 1 saturated heterocycles. The Morgan fingerprint density at radius 3 is 2.88 bits per heavy atom. The quantitative estimate of drug-likeness (QED) is 0.709. The lowest BCUT2D eigenvalue weighted by Gasteiger charge is -2.31. The summed E-state index contributed by atoms with van der Waals surface area (Å²) in [7, 11) is 1.64. The van der Waals surface area contributed by atoms with Crippen LogP contribution in [0, 0.1) is 5.92 Å². The molecule has 1 amide bonds. The van der Waals surface area contributed by atoms with Crippen LogP contribution in [0.4, 0.5) is 0 Å². The summed E-state index contributed by atoms with van der Waals surface area (Å²) in [5.74, 6) is -0.0752.